The van der Waals surface area contributed by atoms with Crippen molar-refractivity contribution < 1.29 is 18.0 Å². The number of piperazine rings is 1. The van der Waals surface area contributed by atoms with Crippen molar-refractivity contribution in [3.63, 3.8) is 0 Å². The molecule has 8 nitrogen and oxygen atoms in total. The van der Waals surface area contributed by atoms with Crippen LogP contribution in [0.2, 0.25) is 0 Å². The van der Waals surface area contributed by atoms with Crippen LogP contribution in [0.15, 0.2) is 83.9 Å². The average molecular weight is 521 g/mol. The molecule has 2 aromatic carbocycles. The van der Waals surface area contributed by atoms with Gasteiger partial charge in [0.1, 0.15) is 0 Å². The first kappa shape index (κ1) is 26.5. The fourth-order valence-corrected chi connectivity index (χ4v) is 5.91. The van der Waals surface area contributed by atoms with Crippen LogP contribution in [0.1, 0.15) is 43.7 Å². The summed E-state index contributed by atoms with van der Waals surface area (Å²) < 4.78 is 27.7. The average Bonchev–Trinajstić information content (AvgIpc) is 2.95. The molecule has 1 atom stereocenters. The maximum Gasteiger partial charge on any atom is 0.240 e. The van der Waals surface area contributed by atoms with Gasteiger partial charge in [0.15, 0.2) is 0 Å². The third-order valence-electron chi connectivity index (χ3n) is 6.59. The Kier molecular flexibility index (Phi) is 9.03. The molecule has 1 saturated carbocycles. The maximum absolute atomic E-state index is 12.4. The molecular weight excluding hydrogens is 488 g/mol. The van der Waals surface area contributed by atoms with Gasteiger partial charge in [0, 0.05) is 24.3 Å². The van der Waals surface area contributed by atoms with Gasteiger partial charge in [-0.2, -0.15) is 0 Å². The lowest BCUT2D eigenvalue weighted by atomic mass is 9.96. The summed E-state index contributed by atoms with van der Waals surface area (Å²) in [5.41, 5.74) is 2.80. The van der Waals surface area contributed by atoms with Gasteiger partial charge in [-0.15, -0.1) is 0 Å². The Labute approximate surface area is 218 Å². The molecule has 1 aromatic heterocycles. The van der Waals surface area contributed by atoms with Crippen LogP contribution in [-0.2, 0) is 19.6 Å². The Morgan fingerprint density at radius 1 is 0.919 bits per heavy atom. The first-order valence-corrected chi connectivity index (χ1v) is 14.0. The Hall–Kier alpha value is -3.56. The van der Waals surface area contributed by atoms with E-state index in [0.717, 1.165) is 48.9 Å². The molecule has 37 heavy (non-hydrogen) atoms. The lowest BCUT2D eigenvalue weighted by molar-refractivity contribution is -0.133. The lowest BCUT2D eigenvalue weighted by Gasteiger charge is -2.32. The number of carbonyl (C=O) groups is 2. The number of sulfonamides is 1. The van der Waals surface area contributed by atoms with Crippen LogP contribution in [0.3, 0.4) is 0 Å². The monoisotopic (exact) mass is 520 g/mol. The van der Waals surface area contributed by atoms with E-state index in [1.807, 2.05) is 48.5 Å². The third kappa shape index (κ3) is 7.24. The first-order chi connectivity index (χ1) is 18.0. The maximum atomic E-state index is 12.4. The van der Waals surface area contributed by atoms with Crippen molar-refractivity contribution in [2.45, 2.75) is 49.1 Å². The van der Waals surface area contributed by atoms with Crippen molar-refractivity contribution in [3.05, 3.63) is 84.6 Å². The summed E-state index contributed by atoms with van der Waals surface area (Å²) in [6, 6.07) is 22.3. The third-order valence-corrected chi connectivity index (χ3v) is 8.13. The van der Waals surface area contributed by atoms with Crippen molar-refractivity contribution in [1.29, 1.82) is 0 Å². The summed E-state index contributed by atoms with van der Waals surface area (Å²) in [6.07, 6.45) is 7.74. The van der Waals surface area contributed by atoms with Gasteiger partial charge in [-0.05, 0) is 42.7 Å². The Balaban J connectivity index is 0.000000186. The van der Waals surface area contributed by atoms with Gasteiger partial charge in [0.2, 0.25) is 22.3 Å². The molecule has 1 aliphatic heterocycles. The number of pyridine rings is 1. The predicted octanol–water partition coefficient (Wildman–Crippen LogP) is 3.68. The molecular formula is C28H32N4O4S. The van der Waals surface area contributed by atoms with Gasteiger partial charge in [0.25, 0.3) is 0 Å². The number of amides is 2. The zero-order valence-corrected chi connectivity index (χ0v) is 21.4. The second-order valence-electron chi connectivity index (χ2n) is 9.20. The lowest BCUT2D eigenvalue weighted by Crippen LogP contribution is -2.48. The number of nitrogens with one attached hydrogen (secondary N) is 2. The molecule has 0 spiro atoms. The highest BCUT2D eigenvalue weighted by molar-refractivity contribution is 7.89. The summed E-state index contributed by atoms with van der Waals surface area (Å²) in [6.45, 7) is 0.630. The number of rotatable bonds is 6. The number of aromatic nitrogens is 1. The minimum absolute atomic E-state index is 0.0404. The van der Waals surface area contributed by atoms with E-state index >= 15 is 0 Å². The Bertz CT molecular complexity index is 1260. The van der Waals surface area contributed by atoms with Crippen molar-refractivity contribution in [3.8, 4) is 11.3 Å². The zero-order valence-electron chi connectivity index (χ0n) is 20.6. The van der Waals surface area contributed by atoms with Crippen LogP contribution in [0.25, 0.3) is 11.3 Å². The second-order valence-corrected chi connectivity index (χ2v) is 10.9. The fourth-order valence-electron chi connectivity index (χ4n) is 4.60. The molecule has 0 radical (unpaired) electrons. The summed E-state index contributed by atoms with van der Waals surface area (Å²) in [5, 5.41) is 2.76. The van der Waals surface area contributed by atoms with E-state index in [1.54, 1.807) is 30.5 Å². The Morgan fingerprint density at radius 3 is 2.27 bits per heavy atom. The molecule has 2 heterocycles. The summed E-state index contributed by atoms with van der Waals surface area (Å²) in [4.78, 5) is 28.0. The quantitative estimate of drug-likeness (QED) is 0.482. The van der Waals surface area contributed by atoms with Crippen molar-refractivity contribution in [2.24, 2.45) is 0 Å². The molecule has 0 bridgehead atoms. The molecule has 5 rings (SSSR count). The van der Waals surface area contributed by atoms with Crippen LogP contribution in [0.4, 0.5) is 0 Å². The van der Waals surface area contributed by atoms with Crippen molar-refractivity contribution in [1.82, 2.24) is 19.9 Å². The van der Waals surface area contributed by atoms with E-state index in [0.29, 0.717) is 11.4 Å². The predicted molar refractivity (Wildman–Crippen MR) is 142 cm³/mol. The topological polar surface area (TPSA) is 108 Å². The normalized spacial score (nSPS) is 18.3. The number of hydrogen-bond acceptors (Lipinski definition) is 5. The SMILES string of the molecule is O=CN1CC(=O)NC[C@@H]1c1ccccc1.O=S(=O)(NC1CCCCC1)c1ccc(-c2ccccn2)cc1. The van der Waals surface area contributed by atoms with Crippen LogP contribution < -0.4 is 10.0 Å². The first-order valence-electron chi connectivity index (χ1n) is 12.5. The minimum atomic E-state index is -3.43. The molecule has 2 fully saturated rings. The number of nitrogens with zero attached hydrogens (tertiary/aromatic N) is 2. The van der Waals surface area contributed by atoms with E-state index in [2.05, 4.69) is 15.0 Å². The van der Waals surface area contributed by atoms with Crippen molar-refractivity contribution >= 4 is 22.3 Å². The van der Waals surface area contributed by atoms with E-state index in [1.165, 1.54) is 11.3 Å². The van der Waals surface area contributed by atoms with Gasteiger partial charge in [-0.3, -0.25) is 14.6 Å². The molecule has 194 valence electrons. The Morgan fingerprint density at radius 2 is 1.62 bits per heavy atom. The minimum Gasteiger partial charge on any atom is -0.352 e. The standard InChI is InChI=1S/C17H20N2O2S.C11H12N2O2/c20-22(21,19-15-6-2-1-3-7-15)16-11-9-14(10-12-16)17-8-4-5-13-18-17;14-8-13-7-11(15)12-6-10(13)9-4-2-1-3-5-9/h4-5,8-13,15,19H,1-3,6-7H2;1-5,8,10H,6-7H2,(H,12,15)/t;10-/m.1/s1. The van der Waals surface area contributed by atoms with Gasteiger partial charge >= 0.3 is 0 Å². The van der Waals surface area contributed by atoms with Gasteiger partial charge in [0.05, 0.1) is 23.2 Å². The van der Waals surface area contributed by atoms with E-state index in [9.17, 15) is 18.0 Å². The molecule has 3 aromatic rings. The highest BCUT2D eigenvalue weighted by atomic mass is 32.2. The van der Waals surface area contributed by atoms with E-state index in [-0.39, 0.29) is 24.5 Å². The highest BCUT2D eigenvalue weighted by Gasteiger charge is 2.26. The largest absolute Gasteiger partial charge is 0.352 e. The second kappa shape index (κ2) is 12.6. The molecule has 0 unspecified atom stereocenters. The van der Waals surface area contributed by atoms with Gasteiger partial charge in [-0.25, -0.2) is 13.1 Å². The van der Waals surface area contributed by atoms with E-state index in [4.69, 9.17) is 0 Å². The molecule has 1 aliphatic carbocycles. The molecule has 2 aliphatic rings. The van der Waals surface area contributed by atoms with Gasteiger partial charge in [-0.1, -0.05) is 67.8 Å². The summed E-state index contributed by atoms with van der Waals surface area (Å²) >= 11 is 0. The number of carbonyl (C=O) groups excluding carboxylic acids is 2. The molecule has 2 N–H and O–H groups in total. The zero-order chi connectivity index (χ0) is 26.1. The van der Waals surface area contributed by atoms with E-state index < -0.39 is 10.0 Å². The van der Waals surface area contributed by atoms with Crippen LogP contribution in [0, 0.1) is 0 Å². The smallest absolute Gasteiger partial charge is 0.240 e. The number of hydrogen-bond donors (Lipinski definition) is 2. The molecule has 1 saturated heterocycles. The number of benzene rings is 2. The summed E-state index contributed by atoms with van der Waals surface area (Å²) in [5.74, 6) is -0.103. The molecule has 2 amide bonds. The molecule has 9 heteroatoms. The highest BCUT2D eigenvalue weighted by Crippen LogP contribution is 2.23. The van der Waals surface area contributed by atoms with Crippen LogP contribution in [-0.4, -0.2) is 49.8 Å². The summed E-state index contributed by atoms with van der Waals surface area (Å²) in [7, 11) is -3.43. The van der Waals surface area contributed by atoms with Crippen LogP contribution >= 0.6 is 0 Å². The van der Waals surface area contributed by atoms with Crippen LogP contribution in [0.5, 0.6) is 0 Å². The van der Waals surface area contributed by atoms with Crippen molar-refractivity contribution in [2.75, 3.05) is 13.1 Å². The van der Waals surface area contributed by atoms with Gasteiger partial charge < -0.3 is 10.2 Å². The fraction of sp³-hybridized carbons (Fsp3) is 0.321.